The maximum Gasteiger partial charge on any atom is 0.143 e. The van der Waals surface area contributed by atoms with E-state index in [0.29, 0.717) is 0 Å². The quantitative estimate of drug-likeness (QED) is 0.488. The summed E-state index contributed by atoms with van der Waals surface area (Å²) in [5, 5.41) is 0. The second-order valence-corrected chi connectivity index (χ2v) is 2.93. The van der Waals surface area contributed by atoms with E-state index in [1.807, 2.05) is 20.8 Å². The fraction of sp³-hybridized carbons (Fsp3) is 0.625. The highest BCUT2D eigenvalue weighted by molar-refractivity contribution is 5.94. The maximum absolute atomic E-state index is 10.9. The summed E-state index contributed by atoms with van der Waals surface area (Å²) in [6, 6.07) is 0. The number of allylic oxidation sites excluding steroid dienone is 2. The molecule has 0 amide bonds. The van der Waals surface area contributed by atoms with Crippen molar-refractivity contribution in [2.24, 2.45) is 5.41 Å². The standard InChI is InChI=1S/C8H12O/c1-5-6(2)8(5,4)7(3)9/h1-4H3. The van der Waals surface area contributed by atoms with Gasteiger partial charge in [-0.3, -0.25) is 4.79 Å². The van der Waals surface area contributed by atoms with Crippen LogP contribution in [0.5, 0.6) is 0 Å². The summed E-state index contributed by atoms with van der Waals surface area (Å²) in [5.41, 5.74) is 2.38. The molecular formula is C8H12O. The fourth-order valence-electron chi connectivity index (χ4n) is 1.25. The summed E-state index contributed by atoms with van der Waals surface area (Å²) in [7, 11) is 0. The predicted molar refractivity (Wildman–Crippen MR) is 37.2 cm³/mol. The average molecular weight is 124 g/mol. The van der Waals surface area contributed by atoms with E-state index in [9.17, 15) is 4.79 Å². The lowest BCUT2D eigenvalue weighted by molar-refractivity contribution is -0.120. The van der Waals surface area contributed by atoms with Crippen molar-refractivity contribution >= 4 is 5.78 Å². The topological polar surface area (TPSA) is 17.1 Å². The number of rotatable bonds is 1. The zero-order valence-corrected chi connectivity index (χ0v) is 6.41. The van der Waals surface area contributed by atoms with Gasteiger partial charge in [-0.2, -0.15) is 0 Å². The maximum atomic E-state index is 10.9. The first-order valence-electron chi connectivity index (χ1n) is 3.20. The van der Waals surface area contributed by atoms with Gasteiger partial charge in [0.25, 0.3) is 0 Å². The normalized spacial score (nSPS) is 22.2. The van der Waals surface area contributed by atoms with Gasteiger partial charge in [0.05, 0.1) is 5.41 Å². The van der Waals surface area contributed by atoms with Crippen LogP contribution in [-0.4, -0.2) is 5.78 Å². The third-order valence-electron chi connectivity index (χ3n) is 2.70. The number of hydrogen-bond acceptors (Lipinski definition) is 1. The van der Waals surface area contributed by atoms with E-state index in [1.165, 1.54) is 11.1 Å². The molecule has 0 N–H and O–H groups in total. The van der Waals surface area contributed by atoms with Crippen LogP contribution >= 0.6 is 0 Å². The van der Waals surface area contributed by atoms with Gasteiger partial charge in [-0.25, -0.2) is 0 Å². The molecule has 1 nitrogen and oxygen atoms in total. The minimum atomic E-state index is -0.139. The van der Waals surface area contributed by atoms with Crippen molar-refractivity contribution in [3.63, 3.8) is 0 Å². The molecule has 0 aromatic heterocycles. The molecule has 0 aliphatic heterocycles. The molecule has 1 aliphatic rings. The van der Waals surface area contributed by atoms with Crippen LogP contribution in [-0.2, 0) is 4.79 Å². The Morgan fingerprint density at radius 1 is 1.33 bits per heavy atom. The molecule has 1 aliphatic carbocycles. The number of ketones is 1. The van der Waals surface area contributed by atoms with Crippen molar-refractivity contribution < 1.29 is 4.79 Å². The molecule has 9 heavy (non-hydrogen) atoms. The summed E-state index contributed by atoms with van der Waals surface area (Å²) in [6.45, 7) is 7.69. The molecule has 0 bridgehead atoms. The van der Waals surface area contributed by atoms with E-state index < -0.39 is 0 Å². The smallest absolute Gasteiger partial charge is 0.143 e. The van der Waals surface area contributed by atoms with Crippen molar-refractivity contribution in [3.8, 4) is 0 Å². The Labute approximate surface area is 55.8 Å². The van der Waals surface area contributed by atoms with Crippen molar-refractivity contribution in [1.82, 2.24) is 0 Å². The molecule has 0 aromatic rings. The second-order valence-electron chi connectivity index (χ2n) is 2.93. The zero-order valence-electron chi connectivity index (χ0n) is 6.41. The summed E-state index contributed by atoms with van der Waals surface area (Å²) < 4.78 is 0. The largest absolute Gasteiger partial charge is 0.299 e. The van der Waals surface area contributed by atoms with Crippen LogP contribution in [0, 0.1) is 5.41 Å². The highest BCUT2D eigenvalue weighted by Crippen LogP contribution is 2.51. The molecule has 0 saturated carbocycles. The van der Waals surface area contributed by atoms with Gasteiger partial charge in [0, 0.05) is 0 Å². The molecular weight excluding hydrogens is 112 g/mol. The molecule has 0 radical (unpaired) electrons. The minimum absolute atomic E-state index is 0.139. The van der Waals surface area contributed by atoms with Crippen molar-refractivity contribution in [3.05, 3.63) is 11.1 Å². The lowest BCUT2D eigenvalue weighted by Gasteiger charge is -2.05. The van der Waals surface area contributed by atoms with Crippen molar-refractivity contribution in [1.29, 1.82) is 0 Å². The Morgan fingerprint density at radius 2 is 1.67 bits per heavy atom. The Kier molecular flexibility index (Phi) is 1.06. The van der Waals surface area contributed by atoms with E-state index in [1.54, 1.807) is 6.92 Å². The van der Waals surface area contributed by atoms with Gasteiger partial charge in [-0.15, -0.1) is 0 Å². The summed E-state index contributed by atoms with van der Waals surface area (Å²) in [5.74, 6) is 0.275. The lowest BCUT2D eigenvalue weighted by atomic mass is 9.96. The van der Waals surface area contributed by atoms with Crippen LogP contribution in [0.3, 0.4) is 0 Å². The molecule has 0 unspecified atom stereocenters. The van der Waals surface area contributed by atoms with Gasteiger partial charge in [0.1, 0.15) is 5.78 Å². The van der Waals surface area contributed by atoms with Gasteiger partial charge in [0.2, 0.25) is 0 Å². The van der Waals surface area contributed by atoms with Crippen LogP contribution < -0.4 is 0 Å². The minimum Gasteiger partial charge on any atom is -0.299 e. The third kappa shape index (κ3) is 0.576. The first kappa shape index (κ1) is 6.53. The fourth-order valence-corrected chi connectivity index (χ4v) is 1.25. The first-order valence-corrected chi connectivity index (χ1v) is 3.20. The molecule has 1 rings (SSSR count). The number of carbonyl (C=O) groups excluding carboxylic acids is 1. The van der Waals surface area contributed by atoms with Gasteiger partial charge in [0.15, 0.2) is 0 Å². The van der Waals surface area contributed by atoms with Crippen molar-refractivity contribution in [2.75, 3.05) is 0 Å². The molecule has 0 spiro atoms. The van der Waals surface area contributed by atoms with Gasteiger partial charge in [-0.1, -0.05) is 11.1 Å². The van der Waals surface area contributed by atoms with Crippen LogP contribution in [0.15, 0.2) is 11.1 Å². The van der Waals surface area contributed by atoms with E-state index in [-0.39, 0.29) is 11.2 Å². The van der Waals surface area contributed by atoms with Crippen LogP contribution in [0.4, 0.5) is 0 Å². The summed E-state index contributed by atoms with van der Waals surface area (Å²) in [6.07, 6.45) is 0. The molecule has 0 aromatic carbocycles. The summed E-state index contributed by atoms with van der Waals surface area (Å²) in [4.78, 5) is 10.9. The average Bonchev–Trinajstić information content (AvgIpc) is 2.22. The summed E-state index contributed by atoms with van der Waals surface area (Å²) >= 11 is 0. The first-order chi connectivity index (χ1) is 4.01. The SMILES string of the molecule is CC(=O)C1(C)C(C)=C1C. The molecule has 0 fully saturated rings. The molecule has 0 saturated heterocycles. The van der Waals surface area contributed by atoms with Crippen molar-refractivity contribution in [2.45, 2.75) is 27.7 Å². The molecule has 1 heteroatoms. The van der Waals surface area contributed by atoms with E-state index >= 15 is 0 Å². The molecule has 0 heterocycles. The number of Topliss-reactive ketones (excluding diaryl/α,β-unsaturated/α-hetero) is 1. The molecule has 50 valence electrons. The Hall–Kier alpha value is -0.590. The van der Waals surface area contributed by atoms with E-state index in [0.717, 1.165) is 0 Å². The zero-order chi connectivity index (χ0) is 7.23. The second kappa shape index (κ2) is 1.47. The lowest BCUT2D eigenvalue weighted by Crippen LogP contribution is -2.11. The Balaban J connectivity index is 2.79. The number of carbonyl (C=O) groups is 1. The van der Waals surface area contributed by atoms with E-state index in [4.69, 9.17) is 0 Å². The van der Waals surface area contributed by atoms with Crippen LogP contribution in [0.25, 0.3) is 0 Å². The van der Waals surface area contributed by atoms with Gasteiger partial charge >= 0.3 is 0 Å². The highest BCUT2D eigenvalue weighted by Gasteiger charge is 2.46. The van der Waals surface area contributed by atoms with Gasteiger partial charge in [-0.05, 0) is 27.7 Å². The van der Waals surface area contributed by atoms with Gasteiger partial charge < -0.3 is 0 Å². The van der Waals surface area contributed by atoms with E-state index in [2.05, 4.69) is 0 Å². The predicted octanol–water partition coefficient (Wildman–Crippen LogP) is 1.93. The number of hydrogen-bond donors (Lipinski definition) is 0. The van der Waals surface area contributed by atoms with Crippen LogP contribution in [0.2, 0.25) is 0 Å². The Morgan fingerprint density at radius 3 is 1.67 bits per heavy atom. The molecule has 0 atom stereocenters. The third-order valence-corrected chi connectivity index (χ3v) is 2.70. The monoisotopic (exact) mass is 124 g/mol. The Bertz CT molecular complexity index is 187. The highest BCUT2D eigenvalue weighted by atomic mass is 16.1. The van der Waals surface area contributed by atoms with Crippen LogP contribution in [0.1, 0.15) is 27.7 Å².